The van der Waals surface area contributed by atoms with Gasteiger partial charge in [-0.1, -0.05) is 13.0 Å². The topological polar surface area (TPSA) is 44.8 Å². The molecule has 1 aromatic rings. The van der Waals surface area contributed by atoms with Crippen molar-refractivity contribution in [2.75, 3.05) is 13.2 Å². The smallest absolute Gasteiger partial charge is 0.331 e. The summed E-state index contributed by atoms with van der Waals surface area (Å²) in [6, 6.07) is 5.60. The molecule has 0 spiro atoms. The van der Waals surface area contributed by atoms with Crippen LogP contribution in [0.5, 0.6) is 11.5 Å². The highest BCUT2D eigenvalue weighted by Crippen LogP contribution is 2.29. The third-order valence-electron chi connectivity index (χ3n) is 2.55. The van der Waals surface area contributed by atoms with E-state index in [1.165, 1.54) is 6.08 Å². The lowest BCUT2D eigenvalue weighted by Gasteiger charge is -2.17. The molecule has 22 heavy (non-hydrogen) atoms. The maximum atomic E-state index is 11.7. The van der Waals surface area contributed by atoms with Crippen LogP contribution in [0.4, 0.5) is 0 Å². The van der Waals surface area contributed by atoms with Crippen molar-refractivity contribution in [3.05, 3.63) is 29.8 Å². The Balaban J connectivity index is 2.83. The number of rotatable bonds is 7. The van der Waals surface area contributed by atoms with Gasteiger partial charge in [0, 0.05) is 6.08 Å². The molecule has 0 aliphatic rings. The first-order chi connectivity index (χ1) is 10.4. The number of carbonyl (C=O) groups is 1. The van der Waals surface area contributed by atoms with Gasteiger partial charge in [0.05, 0.1) is 13.2 Å². The standard InChI is InChI=1S/C18H26O4/c1-6-12-21-15-10-8-14(13-16(15)20-7-2)9-11-17(19)22-18(3,4)5/h8-11,13H,6-7,12H2,1-5H3/b11-9+. The molecule has 1 aromatic carbocycles. The summed E-state index contributed by atoms with van der Waals surface area (Å²) in [5, 5.41) is 0. The zero-order valence-electron chi connectivity index (χ0n) is 14.1. The van der Waals surface area contributed by atoms with E-state index in [0.717, 1.165) is 17.7 Å². The Morgan fingerprint density at radius 2 is 1.86 bits per heavy atom. The van der Waals surface area contributed by atoms with Crippen molar-refractivity contribution in [3.63, 3.8) is 0 Å². The quantitative estimate of drug-likeness (QED) is 0.558. The summed E-state index contributed by atoms with van der Waals surface area (Å²) in [7, 11) is 0. The Bertz CT molecular complexity index is 512. The number of esters is 1. The number of ether oxygens (including phenoxy) is 3. The highest BCUT2D eigenvalue weighted by molar-refractivity contribution is 5.87. The van der Waals surface area contributed by atoms with Crippen molar-refractivity contribution in [2.45, 2.75) is 46.6 Å². The van der Waals surface area contributed by atoms with E-state index in [1.54, 1.807) is 6.08 Å². The second-order valence-electron chi connectivity index (χ2n) is 5.85. The SMILES string of the molecule is CCCOc1ccc(/C=C/C(=O)OC(C)(C)C)cc1OCC. The predicted octanol–water partition coefficient (Wildman–Crippen LogP) is 4.23. The summed E-state index contributed by atoms with van der Waals surface area (Å²) in [5.74, 6) is 1.04. The molecule has 0 aliphatic carbocycles. The molecule has 4 heteroatoms. The Kier molecular flexibility index (Phi) is 6.96. The van der Waals surface area contributed by atoms with Gasteiger partial charge >= 0.3 is 5.97 Å². The van der Waals surface area contributed by atoms with Crippen LogP contribution in [-0.2, 0) is 9.53 Å². The van der Waals surface area contributed by atoms with Crippen LogP contribution in [-0.4, -0.2) is 24.8 Å². The van der Waals surface area contributed by atoms with E-state index in [-0.39, 0.29) is 5.97 Å². The van der Waals surface area contributed by atoms with E-state index >= 15 is 0 Å². The van der Waals surface area contributed by atoms with Crippen molar-refractivity contribution in [1.29, 1.82) is 0 Å². The number of carbonyl (C=O) groups excluding carboxylic acids is 1. The minimum Gasteiger partial charge on any atom is -0.490 e. The molecular weight excluding hydrogens is 280 g/mol. The minimum atomic E-state index is -0.490. The van der Waals surface area contributed by atoms with Crippen LogP contribution >= 0.6 is 0 Å². The minimum absolute atomic E-state index is 0.364. The second kappa shape index (κ2) is 8.47. The van der Waals surface area contributed by atoms with Crippen LogP contribution in [0, 0.1) is 0 Å². The van der Waals surface area contributed by atoms with Crippen molar-refractivity contribution in [3.8, 4) is 11.5 Å². The molecule has 4 nitrogen and oxygen atoms in total. The van der Waals surface area contributed by atoms with E-state index in [4.69, 9.17) is 14.2 Å². The molecule has 0 fully saturated rings. The zero-order valence-corrected chi connectivity index (χ0v) is 14.1. The van der Waals surface area contributed by atoms with Gasteiger partial charge in [0.2, 0.25) is 0 Å². The Morgan fingerprint density at radius 3 is 2.45 bits per heavy atom. The maximum absolute atomic E-state index is 11.7. The van der Waals surface area contributed by atoms with Gasteiger partial charge in [0.25, 0.3) is 0 Å². The van der Waals surface area contributed by atoms with Crippen molar-refractivity contribution >= 4 is 12.0 Å². The molecule has 0 atom stereocenters. The first-order valence-corrected chi connectivity index (χ1v) is 7.66. The number of hydrogen-bond acceptors (Lipinski definition) is 4. The highest BCUT2D eigenvalue weighted by atomic mass is 16.6. The fourth-order valence-electron chi connectivity index (χ4n) is 1.73. The van der Waals surface area contributed by atoms with Gasteiger partial charge in [-0.3, -0.25) is 0 Å². The molecule has 0 heterocycles. The maximum Gasteiger partial charge on any atom is 0.331 e. The van der Waals surface area contributed by atoms with Crippen LogP contribution in [0.1, 0.15) is 46.6 Å². The predicted molar refractivity (Wildman–Crippen MR) is 88.3 cm³/mol. The number of benzene rings is 1. The van der Waals surface area contributed by atoms with Gasteiger partial charge in [0.15, 0.2) is 11.5 Å². The summed E-state index contributed by atoms with van der Waals surface area (Å²) >= 11 is 0. The fraction of sp³-hybridized carbons (Fsp3) is 0.500. The summed E-state index contributed by atoms with van der Waals surface area (Å²) in [4.78, 5) is 11.7. The first kappa shape index (κ1) is 18.1. The average Bonchev–Trinajstić information content (AvgIpc) is 2.42. The van der Waals surface area contributed by atoms with Crippen molar-refractivity contribution in [1.82, 2.24) is 0 Å². The lowest BCUT2D eigenvalue weighted by molar-refractivity contribution is -0.148. The monoisotopic (exact) mass is 306 g/mol. The van der Waals surface area contributed by atoms with Gasteiger partial charge in [-0.05, 0) is 57.9 Å². The van der Waals surface area contributed by atoms with E-state index in [1.807, 2.05) is 45.9 Å². The molecule has 0 aromatic heterocycles. The van der Waals surface area contributed by atoms with E-state index < -0.39 is 5.60 Å². The van der Waals surface area contributed by atoms with E-state index in [2.05, 4.69) is 6.92 Å². The van der Waals surface area contributed by atoms with Crippen LogP contribution in [0.3, 0.4) is 0 Å². The Hall–Kier alpha value is -1.97. The molecular formula is C18H26O4. The Morgan fingerprint density at radius 1 is 1.14 bits per heavy atom. The van der Waals surface area contributed by atoms with Crippen molar-refractivity contribution < 1.29 is 19.0 Å². The second-order valence-corrected chi connectivity index (χ2v) is 5.85. The molecule has 122 valence electrons. The van der Waals surface area contributed by atoms with Crippen LogP contribution in [0.25, 0.3) is 6.08 Å². The summed E-state index contributed by atoms with van der Waals surface area (Å²) in [6.45, 7) is 10.7. The van der Waals surface area contributed by atoms with E-state index in [9.17, 15) is 4.79 Å². The van der Waals surface area contributed by atoms with Gasteiger partial charge in [0.1, 0.15) is 5.60 Å². The molecule has 0 amide bonds. The van der Waals surface area contributed by atoms with Gasteiger partial charge in [-0.15, -0.1) is 0 Å². The third-order valence-corrected chi connectivity index (χ3v) is 2.55. The largest absolute Gasteiger partial charge is 0.490 e. The molecule has 0 bridgehead atoms. The van der Waals surface area contributed by atoms with Crippen LogP contribution < -0.4 is 9.47 Å². The number of hydrogen-bond donors (Lipinski definition) is 0. The average molecular weight is 306 g/mol. The molecule has 0 saturated heterocycles. The highest BCUT2D eigenvalue weighted by Gasteiger charge is 2.14. The Labute approximate surface area is 133 Å². The molecule has 0 unspecified atom stereocenters. The third kappa shape index (κ3) is 6.66. The molecule has 1 rings (SSSR count). The van der Waals surface area contributed by atoms with E-state index in [0.29, 0.717) is 19.0 Å². The van der Waals surface area contributed by atoms with Crippen LogP contribution in [0.2, 0.25) is 0 Å². The molecule has 0 N–H and O–H groups in total. The molecule has 0 radical (unpaired) electrons. The molecule has 0 saturated carbocycles. The normalized spacial score (nSPS) is 11.5. The summed E-state index contributed by atoms with van der Waals surface area (Å²) in [6.07, 6.45) is 4.06. The summed E-state index contributed by atoms with van der Waals surface area (Å²) in [5.41, 5.74) is 0.369. The lowest BCUT2D eigenvalue weighted by atomic mass is 10.1. The zero-order chi connectivity index (χ0) is 16.6. The molecule has 0 aliphatic heterocycles. The lowest BCUT2D eigenvalue weighted by Crippen LogP contribution is -2.22. The van der Waals surface area contributed by atoms with Gasteiger partial charge in [-0.25, -0.2) is 4.79 Å². The van der Waals surface area contributed by atoms with Gasteiger partial charge in [-0.2, -0.15) is 0 Å². The first-order valence-electron chi connectivity index (χ1n) is 7.66. The summed E-state index contributed by atoms with van der Waals surface area (Å²) < 4.78 is 16.5. The van der Waals surface area contributed by atoms with Gasteiger partial charge < -0.3 is 14.2 Å². The van der Waals surface area contributed by atoms with Crippen molar-refractivity contribution in [2.24, 2.45) is 0 Å². The van der Waals surface area contributed by atoms with Crippen LogP contribution in [0.15, 0.2) is 24.3 Å². The fourth-order valence-corrected chi connectivity index (χ4v) is 1.73.